The molecule has 0 fully saturated rings. The molecule has 0 aliphatic carbocycles. The van der Waals surface area contributed by atoms with E-state index in [-0.39, 0.29) is 16.4 Å². The van der Waals surface area contributed by atoms with Gasteiger partial charge in [0.15, 0.2) is 17.4 Å². The Hall–Kier alpha value is -1.40. The van der Waals surface area contributed by atoms with Crippen LogP contribution >= 0.6 is 11.3 Å². The van der Waals surface area contributed by atoms with Gasteiger partial charge in [-0.1, -0.05) is 0 Å². The predicted molar refractivity (Wildman–Crippen MR) is 71.0 cm³/mol. The summed E-state index contributed by atoms with van der Waals surface area (Å²) in [7, 11) is -1.67. The zero-order valence-corrected chi connectivity index (χ0v) is 11.6. The van der Waals surface area contributed by atoms with Crippen molar-refractivity contribution >= 4 is 27.9 Å². The van der Waals surface area contributed by atoms with Crippen molar-refractivity contribution in [2.24, 2.45) is 0 Å². The fraction of sp³-hybridized carbons (Fsp3) is 0.154. The van der Waals surface area contributed by atoms with Crippen LogP contribution in [0.3, 0.4) is 0 Å². The van der Waals surface area contributed by atoms with E-state index in [1.165, 1.54) is 17.4 Å². The standard InChI is InChI=1S/C13H10F2O2S2/c1-8-2-5-13(18-8)12(16)7-19(17)9-3-4-10(14)11(15)6-9/h2-6H,7H2,1H3. The summed E-state index contributed by atoms with van der Waals surface area (Å²) in [6.45, 7) is 1.87. The van der Waals surface area contributed by atoms with Crippen molar-refractivity contribution in [2.45, 2.75) is 11.8 Å². The highest BCUT2D eigenvalue weighted by atomic mass is 32.2. The molecule has 0 saturated heterocycles. The monoisotopic (exact) mass is 300 g/mol. The third kappa shape index (κ3) is 3.33. The van der Waals surface area contributed by atoms with Crippen molar-refractivity contribution in [1.29, 1.82) is 0 Å². The van der Waals surface area contributed by atoms with E-state index in [0.29, 0.717) is 4.88 Å². The number of hydrogen-bond acceptors (Lipinski definition) is 3. The van der Waals surface area contributed by atoms with E-state index >= 15 is 0 Å². The lowest BCUT2D eigenvalue weighted by Crippen LogP contribution is -2.10. The molecule has 0 radical (unpaired) electrons. The molecule has 0 amide bonds. The number of Topliss-reactive ketones (excluding diaryl/α,β-unsaturated/α-hetero) is 1. The number of aryl methyl sites for hydroxylation is 1. The largest absolute Gasteiger partial charge is 0.292 e. The van der Waals surface area contributed by atoms with Crippen LogP contribution < -0.4 is 0 Å². The number of thiophene rings is 1. The molecule has 1 unspecified atom stereocenters. The lowest BCUT2D eigenvalue weighted by atomic mass is 10.3. The van der Waals surface area contributed by atoms with E-state index in [1.54, 1.807) is 12.1 Å². The Kier molecular flexibility index (Phi) is 4.21. The number of benzene rings is 1. The number of carbonyl (C=O) groups excluding carboxylic acids is 1. The second-order valence-corrected chi connectivity index (χ2v) is 6.64. The van der Waals surface area contributed by atoms with Gasteiger partial charge in [-0.05, 0) is 37.3 Å². The second kappa shape index (κ2) is 5.71. The van der Waals surface area contributed by atoms with Gasteiger partial charge in [-0.3, -0.25) is 9.00 Å². The van der Waals surface area contributed by atoms with Gasteiger partial charge in [0.05, 0.1) is 21.4 Å². The van der Waals surface area contributed by atoms with Crippen molar-refractivity contribution < 1.29 is 17.8 Å². The maximum absolute atomic E-state index is 13.0. The first-order valence-electron chi connectivity index (χ1n) is 5.40. The third-order valence-corrected chi connectivity index (χ3v) is 4.78. The molecule has 0 aliphatic rings. The molecule has 19 heavy (non-hydrogen) atoms. The van der Waals surface area contributed by atoms with Gasteiger partial charge >= 0.3 is 0 Å². The molecule has 1 aromatic heterocycles. The van der Waals surface area contributed by atoms with Crippen molar-refractivity contribution in [3.63, 3.8) is 0 Å². The van der Waals surface area contributed by atoms with Gasteiger partial charge in [0.1, 0.15) is 0 Å². The Bertz CT molecular complexity index is 650. The molecule has 2 rings (SSSR count). The molecular weight excluding hydrogens is 290 g/mol. The van der Waals surface area contributed by atoms with Crippen LogP contribution in [0.5, 0.6) is 0 Å². The molecule has 100 valence electrons. The van der Waals surface area contributed by atoms with Gasteiger partial charge in [0.2, 0.25) is 0 Å². The van der Waals surface area contributed by atoms with E-state index in [9.17, 15) is 17.8 Å². The van der Waals surface area contributed by atoms with Gasteiger partial charge < -0.3 is 0 Å². The first-order valence-corrected chi connectivity index (χ1v) is 7.54. The van der Waals surface area contributed by atoms with Crippen LogP contribution in [0.25, 0.3) is 0 Å². The van der Waals surface area contributed by atoms with Gasteiger partial charge in [-0.2, -0.15) is 0 Å². The Balaban J connectivity index is 2.12. The van der Waals surface area contributed by atoms with Crippen LogP contribution in [-0.2, 0) is 10.8 Å². The fourth-order valence-electron chi connectivity index (χ4n) is 1.48. The van der Waals surface area contributed by atoms with Gasteiger partial charge in [0, 0.05) is 9.77 Å². The minimum absolute atomic E-state index is 0.112. The molecule has 0 bridgehead atoms. The molecule has 6 heteroatoms. The van der Waals surface area contributed by atoms with E-state index < -0.39 is 22.4 Å². The number of rotatable bonds is 4. The average molecular weight is 300 g/mol. The molecule has 0 spiro atoms. The summed E-state index contributed by atoms with van der Waals surface area (Å²) in [5, 5.41) is 0. The van der Waals surface area contributed by atoms with Crippen molar-refractivity contribution in [1.82, 2.24) is 0 Å². The number of ketones is 1. The molecule has 0 aliphatic heterocycles. The Labute approximate surface area is 115 Å². The zero-order valence-electron chi connectivity index (χ0n) is 9.98. The maximum Gasteiger partial charge on any atom is 0.185 e. The summed E-state index contributed by atoms with van der Waals surface area (Å²) in [6.07, 6.45) is 0. The number of carbonyl (C=O) groups is 1. The molecule has 0 saturated carbocycles. The van der Waals surface area contributed by atoms with E-state index in [2.05, 4.69) is 0 Å². The lowest BCUT2D eigenvalue weighted by Gasteiger charge is -2.01. The summed E-state index contributed by atoms with van der Waals surface area (Å²) in [5.74, 6) is -2.56. The highest BCUT2D eigenvalue weighted by Crippen LogP contribution is 2.18. The molecule has 2 nitrogen and oxygen atoms in total. The van der Waals surface area contributed by atoms with E-state index in [0.717, 1.165) is 17.0 Å². The lowest BCUT2D eigenvalue weighted by molar-refractivity contribution is 0.102. The van der Waals surface area contributed by atoms with Gasteiger partial charge in [-0.25, -0.2) is 8.78 Å². The van der Waals surface area contributed by atoms with E-state index in [1.807, 2.05) is 6.92 Å². The predicted octanol–water partition coefficient (Wildman–Crippen LogP) is 3.33. The number of hydrogen-bond donors (Lipinski definition) is 0. The van der Waals surface area contributed by atoms with Crippen molar-refractivity contribution in [2.75, 3.05) is 5.75 Å². The normalized spacial score (nSPS) is 12.4. The summed E-state index contributed by atoms with van der Waals surface area (Å²) in [5.41, 5.74) is 0. The van der Waals surface area contributed by atoms with Crippen molar-refractivity contribution in [3.05, 3.63) is 51.7 Å². The molecular formula is C13H10F2O2S2. The Morgan fingerprint density at radius 3 is 2.53 bits per heavy atom. The van der Waals surface area contributed by atoms with Gasteiger partial charge in [-0.15, -0.1) is 11.3 Å². The topological polar surface area (TPSA) is 34.1 Å². The second-order valence-electron chi connectivity index (χ2n) is 3.90. The Morgan fingerprint density at radius 2 is 1.95 bits per heavy atom. The fourth-order valence-corrected chi connectivity index (χ4v) is 3.39. The highest BCUT2D eigenvalue weighted by molar-refractivity contribution is 7.85. The van der Waals surface area contributed by atoms with Crippen LogP contribution in [0.4, 0.5) is 8.78 Å². The molecule has 0 N–H and O–H groups in total. The SMILES string of the molecule is Cc1ccc(C(=O)CS(=O)c2ccc(F)c(F)c2)s1. The molecule has 2 aromatic rings. The number of halogens is 2. The van der Waals surface area contributed by atoms with Crippen LogP contribution in [0.2, 0.25) is 0 Å². The summed E-state index contributed by atoms with van der Waals surface area (Å²) < 4.78 is 37.7. The van der Waals surface area contributed by atoms with Crippen LogP contribution in [0.1, 0.15) is 14.5 Å². The first kappa shape index (κ1) is 14.0. The minimum atomic E-state index is -1.67. The molecule has 1 atom stereocenters. The quantitative estimate of drug-likeness (QED) is 0.812. The molecule has 1 heterocycles. The van der Waals surface area contributed by atoms with E-state index in [4.69, 9.17) is 0 Å². The minimum Gasteiger partial charge on any atom is -0.292 e. The smallest absolute Gasteiger partial charge is 0.185 e. The van der Waals surface area contributed by atoms with Gasteiger partial charge in [0.25, 0.3) is 0 Å². The highest BCUT2D eigenvalue weighted by Gasteiger charge is 2.15. The third-order valence-electron chi connectivity index (χ3n) is 2.43. The summed E-state index contributed by atoms with van der Waals surface area (Å²) in [4.78, 5) is 13.5. The molecule has 1 aromatic carbocycles. The van der Waals surface area contributed by atoms with Crippen LogP contribution in [0, 0.1) is 18.6 Å². The zero-order chi connectivity index (χ0) is 14.0. The van der Waals surface area contributed by atoms with Crippen molar-refractivity contribution in [3.8, 4) is 0 Å². The maximum atomic E-state index is 13.0. The van der Waals surface area contributed by atoms with Crippen LogP contribution in [-0.4, -0.2) is 15.7 Å². The average Bonchev–Trinajstić information content (AvgIpc) is 2.79. The van der Waals surface area contributed by atoms with Crippen LogP contribution in [0.15, 0.2) is 35.2 Å². The first-order chi connectivity index (χ1) is 8.97. The summed E-state index contributed by atoms with van der Waals surface area (Å²) >= 11 is 1.32. The summed E-state index contributed by atoms with van der Waals surface area (Å²) in [6, 6.07) is 6.46. The Morgan fingerprint density at radius 1 is 1.21 bits per heavy atom.